The topological polar surface area (TPSA) is 44.0 Å². The third-order valence-electron chi connectivity index (χ3n) is 4.58. The van der Waals surface area contributed by atoms with Gasteiger partial charge in [0.1, 0.15) is 5.82 Å². The third kappa shape index (κ3) is 3.27. The highest BCUT2D eigenvalue weighted by Crippen LogP contribution is 2.16. The van der Waals surface area contributed by atoms with Crippen molar-refractivity contribution in [3.05, 3.63) is 29.6 Å². The molecule has 0 atom stereocenters. The number of likely N-dealkylation sites (tertiary alicyclic amines) is 1. The second-order valence-corrected chi connectivity index (χ2v) is 6.44. The van der Waals surface area contributed by atoms with Crippen molar-refractivity contribution >= 4 is 11.0 Å². The maximum atomic E-state index is 4.71. The van der Waals surface area contributed by atoms with Crippen LogP contribution in [0.3, 0.4) is 0 Å². The first-order valence-electron chi connectivity index (χ1n) is 8.05. The van der Waals surface area contributed by atoms with Crippen molar-refractivity contribution in [2.24, 2.45) is 0 Å². The van der Waals surface area contributed by atoms with E-state index in [1.807, 2.05) is 0 Å². The summed E-state index contributed by atoms with van der Waals surface area (Å²) in [4.78, 5) is 10.7. The SMILES string of the molecule is Cc1cccc2[nH]c(CNC3CCN(C(C)C)CC3)nc12. The Morgan fingerprint density at radius 2 is 2.10 bits per heavy atom. The number of benzene rings is 1. The van der Waals surface area contributed by atoms with Gasteiger partial charge in [0.05, 0.1) is 17.6 Å². The molecule has 3 rings (SSSR count). The number of para-hydroxylation sites is 1. The molecule has 1 aliphatic rings. The maximum absolute atomic E-state index is 4.71. The van der Waals surface area contributed by atoms with Crippen LogP contribution in [0.5, 0.6) is 0 Å². The molecule has 4 heteroatoms. The first-order valence-corrected chi connectivity index (χ1v) is 8.05. The number of fused-ring (bicyclic) bond motifs is 1. The Kier molecular flexibility index (Phi) is 4.27. The van der Waals surface area contributed by atoms with E-state index in [-0.39, 0.29) is 0 Å². The van der Waals surface area contributed by atoms with Gasteiger partial charge < -0.3 is 15.2 Å². The number of hydrogen-bond donors (Lipinski definition) is 2. The molecule has 0 unspecified atom stereocenters. The zero-order chi connectivity index (χ0) is 14.8. The second kappa shape index (κ2) is 6.16. The summed E-state index contributed by atoms with van der Waals surface area (Å²) >= 11 is 0. The summed E-state index contributed by atoms with van der Waals surface area (Å²) < 4.78 is 0. The van der Waals surface area contributed by atoms with Crippen molar-refractivity contribution in [3.63, 3.8) is 0 Å². The van der Waals surface area contributed by atoms with Gasteiger partial charge in [0.25, 0.3) is 0 Å². The smallest absolute Gasteiger partial charge is 0.121 e. The molecule has 1 saturated heterocycles. The highest BCUT2D eigenvalue weighted by molar-refractivity contribution is 5.78. The maximum Gasteiger partial charge on any atom is 0.121 e. The molecule has 1 aliphatic heterocycles. The van der Waals surface area contributed by atoms with Gasteiger partial charge >= 0.3 is 0 Å². The fourth-order valence-electron chi connectivity index (χ4n) is 3.17. The van der Waals surface area contributed by atoms with Gasteiger partial charge in [0, 0.05) is 12.1 Å². The summed E-state index contributed by atoms with van der Waals surface area (Å²) in [5, 5.41) is 3.66. The van der Waals surface area contributed by atoms with Crippen LogP contribution in [-0.2, 0) is 6.54 Å². The molecule has 2 heterocycles. The molecule has 1 aromatic heterocycles. The van der Waals surface area contributed by atoms with E-state index in [0.717, 1.165) is 23.4 Å². The van der Waals surface area contributed by atoms with Crippen molar-refractivity contribution in [1.82, 2.24) is 20.2 Å². The molecule has 21 heavy (non-hydrogen) atoms. The number of nitrogens with zero attached hydrogens (tertiary/aromatic N) is 2. The van der Waals surface area contributed by atoms with Crippen molar-refractivity contribution in [2.75, 3.05) is 13.1 Å². The van der Waals surface area contributed by atoms with E-state index in [0.29, 0.717) is 12.1 Å². The van der Waals surface area contributed by atoms with Crippen LogP contribution in [0, 0.1) is 6.92 Å². The Bertz CT molecular complexity index is 594. The number of rotatable bonds is 4. The van der Waals surface area contributed by atoms with E-state index in [2.05, 4.69) is 54.2 Å². The predicted molar refractivity (Wildman–Crippen MR) is 87.4 cm³/mol. The van der Waals surface area contributed by atoms with Crippen LogP contribution in [-0.4, -0.2) is 40.0 Å². The Hall–Kier alpha value is -1.39. The summed E-state index contributed by atoms with van der Waals surface area (Å²) in [6.07, 6.45) is 2.47. The lowest BCUT2D eigenvalue weighted by molar-refractivity contribution is 0.160. The lowest BCUT2D eigenvalue weighted by Gasteiger charge is -2.34. The van der Waals surface area contributed by atoms with Crippen LogP contribution < -0.4 is 5.32 Å². The number of imidazole rings is 1. The largest absolute Gasteiger partial charge is 0.341 e. The number of aryl methyl sites for hydroxylation is 1. The summed E-state index contributed by atoms with van der Waals surface area (Å²) in [6.45, 7) is 9.92. The van der Waals surface area contributed by atoms with Gasteiger partial charge in [-0.05, 0) is 58.3 Å². The number of H-pyrrole nitrogens is 1. The van der Waals surface area contributed by atoms with Crippen LogP contribution in [0.25, 0.3) is 11.0 Å². The van der Waals surface area contributed by atoms with Crippen LogP contribution in [0.4, 0.5) is 0 Å². The van der Waals surface area contributed by atoms with Gasteiger partial charge in [-0.15, -0.1) is 0 Å². The zero-order valence-electron chi connectivity index (χ0n) is 13.3. The first kappa shape index (κ1) is 14.5. The molecule has 1 aromatic carbocycles. The Labute approximate surface area is 126 Å². The van der Waals surface area contributed by atoms with Gasteiger partial charge in [-0.2, -0.15) is 0 Å². The molecule has 4 nitrogen and oxygen atoms in total. The van der Waals surface area contributed by atoms with Gasteiger partial charge in [-0.3, -0.25) is 0 Å². The molecule has 114 valence electrons. The Balaban J connectivity index is 1.56. The van der Waals surface area contributed by atoms with Crippen molar-refractivity contribution in [3.8, 4) is 0 Å². The van der Waals surface area contributed by atoms with E-state index in [4.69, 9.17) is 4.98 Å². The average Bonchev–Trinajstić information content (AvgIpc) is 2.90. The molecule has 0 spiro atoms. The Morgan fingerprint density at radius 1 is 1.33 bits per heavy atom. The van der Waals surface area contributed by atoms with E-state index >= 15 is 0 Å². The molecule has 2 aromatic rings. The summed E-state index contributed by atoms with van der Waals surface area (Å²) in [6, 6.07) is 7.58. The number of nitrogens with one attached hydrogen (secondary N) is 2. The Morgan fingerprint density at radius 3 is 2.76 bits per heavy atom. The van der Waals surface area contributed by atoms with Crippen LogP contribution >= 0.6 is 0 Å². The predicted octanol–water partition coefficient (Wildman–Crippen LogP) is 2.83. The van der Waals surface area contributed by atoms with Gasteiger partial charge in [-0.25, -0.2) is 4.98 Å². The fourth-order valence-corrected chi connectivity index (χ4v) is 3.17. The molecule has 2 N–H and O–H groups in total. The summed E-state index contributed by atoms with van der Waals surface area (Å²) in [5.41, 5.74) is 3.48. The average molecular weight is 286 g/mol. The monoisotopic (exact) mass is 286 g/mol. The molecule has 1 fully saturated rings. The van der Waals surface area contributed by atoms with Crippen LogP contribution in [0.1, 0.15) is 38.1 Å². The van der Waals surface area contributed by atoms with Crippen LogP contribution in [0.15, 0.2) is 18.2 Å². The van der Waals surface area contributed by atoms with E-state index in [9.17, 15) is 0 Å². The number of hydrogen-bond acceptors (Lipinski definition) is 3. The highest BCUT2D eigenvalue weighted by atomic mass is 15.2. The zero-order valence-corrected chi connectivity index (χ0v) is 13.3. The van der Waals surface area contributed by atoms with Gasteiger partial charge in [-0.1, -0.05) is 12.1 Å². The van der Waals surface area contributed by atoms with Crippen molar-refractivity contribution in [1.29, 1.82) is 0 Å². The minimum atomic E-state index is 0.620. The lowest BCUT2D eigenvalue weighted by Crippen LogP contribution is -2.44. The normalized spacial score (nSPS) is 17.9. The third-order valence-corrected chi connectivity index (χ3v) is 4.58. The number of aromatic amines is 1. The minimum Gasteiger partial charge on any atom is -0.341 e. The number of piperidine rings is 1. The van der Waals surface area contributed by atoms with E-state index in [1.54, 1.807) is 0 Å². The standard InChI is InChI=1S/C17H26N4/c1-12(2)21-9-7-14(8-10-21)18-11-16-19-15-6-4-5-13(3)17(15)20-16/h4-6,12,14,18H,7-11H2,1-3H3,(H,19,20). The van der Waals surface area contributed by atoms with E-state index in [1.165, 1.54) is 31.5 Å². The molecule has 0 amide bonds. The second-order valence-electron chi connectivity index (χ2n) is 6.44. The van der Waals surface area contributed by atoms with Crippen molar-refractivity contribution in [2.45, 2.75) is 52.2 Å². The lowest BCUT2D eigenvalue weighted by atomic mass is 10.0. The molecule has 0 bridgehead atoms. The summed E-state index contributed by atoms with van der Waals surface area (Å²) in [7, 11) is 0. The number of aromatic nitrogens is 2. The molecule has 0 saturated carbocycles. The molecular weight excluding hydrogens is 260 g/mol. The molecule has 0 radical (unpaired) electrons. The molecular formula is C17H26N4. The summed E-state index contributed by atoms with van der Waals surface area (Å²) in [5.74, 6) is 1.05. The minimum absolute atomic E-state index is 0.620. The van der Waals surface area contributed by atoms with Crippen molar-refractivity contribution < 1.29 is 0 Å². The quantitative estimate of drug-likeness (QED) is 0.908. The molecule has 0 aliphatic carbocycles. The first-order chi connectivity index (χ1) is 10.1. The van der Waals surface area contributed by atoms with Gasteiger partial charge in [0.2, 0.25) is 0 Å². The highest BCUT2D eigenvalue weighted by Gasteiger charge is 2.20. The van der Waals surface area contributed by atoms with Crippen LogP contribution in [0.2, 0.25) is 0 Å². The van der Waals surface area contributed by atoms with E-state index < -0.39 is 0 Å². The van der Waals surface area contributed by atoms with Gasteiger partial charge in [0.15, 0.2) is 0 Å². The fraction of sp³-hybridized carbons (Fsp3) is 0.588.